The van der Waals surface area contributed by atoms with E-state index in [1.807, 2.05) is 20.9 Å². The topological polar surface area (TPSA) is 24.9 Å². The van der Waals surface area contributed by atoms with Crippen LogP contribution in [0.5, 0.6) is 0 Å². The van der Waals surface area contributed by atoms with Crippen molar-refractivity contribution in [3.8, 4) is 10.6 Å². The lowest BCUT2D eigenvalue weighted by Crippen LogP contribution is -1.86. The fourth-order valence-electron chi connectivity index (χ4n) is 1.93. The SMILES string of the molecule is CC.Cc1ccc2nc(-c3ccc(N[11CH3])cc3)sc2c1. The molecular formula is C17H20N2S. The Bertz CT molecular complexity index is 684. The van der Waals surface area contributed by atoms with Crippen LogP contribution in [0.3, 0.4) is 0 Å². The summed E-state index contributed by atoms with van der Waals surface area (Å²) >= 11 is 1.75. The highest BCUT2D eigenvalue weighted by molar-refractivity contribution is 7.21. The number of benzene rings is 2. The van der Waals surface area contributed by atoms with Gasteiger partial charge in [-0.1, -0.05) is 19.9 Å². The van der Waals surface area contributed by atoms with Gasteiger partial charge in [-0.3, -0.25) is 0 Å². The van der Waals surface area contributed by atoms with Crippen LogP contribution in [0.25, 0.3) is 20.8 Å². The van der Waals surface area contributed by atoms with E-state index in [0.717, 1.165) is 16.2 Å². The van der Waals surface area contributed by atoms with Crippen LogP contribution in [0.15, 0.2) is 42.5 Å². The molecule has 0 aliphatic heterocycles. The van der Waals surface area contributed by atoms with Gasteiger partial charge in [0.25, 0.3) is 0 Å². The fourth-order valence-corrected chi connectivity index (χ4v) is 3.00. The molecule has 0 amide bonds. The van der Waals surface area contributed by atoms with Gasteiger partial charge in [0.05, 0.1) is 10.2 Å². The molecule has 1 N–H and O–H groups in total. The molecule has 0 fully saturated rings. The summed E-state index contributed by atoms with van der Waals surface area (Å²) in [6.07, 6.45) is 0. The van der Waals surface area contributed by atoms with Crippen LogP contribution in [-0.4, -0.2) is 12.0 Å². The van der Waals surface area contributed by atoms with Gasteiger partial charge in [-0.05, 0) is 48.9 Å². The highest BCUT2D eigenvalue weighted by Crippen LogP contribution is 2.31. The van der Waals surface area contributed by atoms with Crippen molar-refractivity contribution >= 4 is 27.2 Å². The zero-order valence-electron chi connectivity index (χ0n) is 12.4. The number of anilines is 1. The number of thiazole rings is 1. The number of hydrogen-bond acceptors (Lipinski definition) is 3. The first-order valence-electron chi connectivity index (χ1n) is 6.91. The van der Waals surface area contributed by atoms with Crippen LogP contribution in [0.1, 0.15) is 19.4 Å². The van der Waals surface area contributed by atoms with E-state index in [9.17, 15) is 0 Å². The minimum absolute atomic E-state index is 1.08. The van der Waals surface area contributed by atoms with E-state index in [2.05, 4.69) is 59.7 Å². The van der Waals surface area contributed by atoms with Crippen LogP contribution in [-0.2, 0) is 0 Å². The van der Waals surface area contributed by atoms with Crippen molar-refractivity contribution in [2.75, 3.05) is 12.4 Å². The molecule has 0 atom stereocenters. The van der Waals surface area contributed by atoms with Gasteiger partial charge in [-0.2, -0.15) is 0 Å². The number of hydrogen-bond donors (Lipinski definition) is 1. The number of fused-ring (bicyclic) bond motifs is 1. The second-order valence-corrected chi connectivity index (χ2v) is 5.35. The predicted molar refractivity (Wildman–Crippen MR) is 90.7 cm³/mol. The second-order valence-electron chi connectivity index (χ2n) is 4.32. The summed E-state index contributed by atoms with van der Waals surface area (Å²) in [6, 6.07) is 14.8. The summed E-state index contributed by atoms with van der Waals surface area (Å²) in [4.78, 5) is 4.68. The van der Waals surface area contributed by atoms with E-state index < -0.39 is 0 Å². The van der Waals surface area contributed by atoms with Gasteiger partial charge >= 0.3 is 0 Å². The molecule has 0 aliphatic carbocycles. The quantitative estimate of drug-likeness (QED) is 0.686. The number of nitrogens with zero attached hydrogens (tertiary/aromatic N) is 1. The predicted octanol–water partition coefficient (Wildman–Crippen LogP) is 5.34. The van der Waals surface area contributed by atoms with E-state index in [0.29, 0.717) is 0 Å². The first-order chi connectivity index (χ1) is 9.76. The smallest absolute Gasteiger partial charge is 0.124 e. The third-order valence-electron chi connectivity index (χ3n) is 2.96. The molecule has 0 spiro atoms. The lowest BCUT2D eigenvalue weighted by atomic mass is 10.2. The van der Waals surface area contributed by atoms with Gasteiger partial charge in [0.2, 0.25) is 0 Å². The second kappa shape index (κ2) is 6.53. The van der Waals surface area contributed by atoms with Crippen LogP contribution in [0.2, 0.25) is 0 Å². The van der Waals surface area contributed by atoms with Crippen LogP contribution in [0.4, 0.5) is 5.69 Å². The average Bonchev–Trinajstić information content (AvgIpc) is 2.92. The maximum absolute atomic E-state index is 4.68. The Kier molecular flexibility index (Phi) is 4.74. The molecule has 20 heavy (non-hydrogen) atoms. The van der Waals surface area contributed by atoms with Gasteiger partial charge < -0.3 is 5.32 Å². The maximum atomic E-state index is 4.68. The monoisotopic (exact) mass is 283 g/mol. The van der Waals surface area contributed by atoms with E-state index in [4.69, 9.17) is 0 Å². The number of rotatable bonds is 2. The molecule has 0 saturated heterocycles. The van der Waals surface area contributed by atoms with Crippen molar-refractivity contribution in [2.24, 2.45) is 0 Å². The summed E-state index contributed by atoms with van der Waals surface area (Å²) in [5, 5.41) is 4.20. The standard InChI is InChI=1S/C15H14N2S.C2H6/c1-10-3-8-13-14(9-10)18-15(17-13)11-4-6-12(16-2)7-5-11;1-2/h3-9,16H,1-2H3;1-2H3/i2-1;. The summed E-state index contributed by atoms with van der Waals surface area (Å²) < 4.78 is 1.25. The molecule has 1 aromatic heterocycles. The number of aryl methyl sites for hydroxylation is 1. The molecule has 1 heterocycles. The molecule has 3 heteroatoms. The van der Waals surface area contributed by atoms with E-state index in [-0.39, 0.29) is 0 Å². The minimum Gasteiger partial charge on any atom is -0.388 e. The first kappa shape index (κ1) is 14.5. The summed E-state index contributed by atoms with van der Waals surface area (Å²) in [6.45, 7) is 6.11. The Morgan fingerprint density at radius 1 is 1.00 bits per heavy atom. The van der Waals surface area contributed by atoms with Gasteiger partial charge in [-0.15, -0.1) is 11.3 Å². The molecule has 2 aromatic carbocycles. The molecule has 104 valence electrons. The fraction of sp³-hybridized carbons (Fsp3) is 0.235. The Morgan fingerprint density at radius 2 is 1.70 bits per heavy atom. The lowest BCUT2D eigenvalue weighted by molar-refractivity contribution is 1.45. The van der Waals surface area contributed by atoms with Gasteiger partial charge in [-0.25, -0.2) is 4.98 Å². The molecule has 0 bridgehead atoms. The molecule has 0 unspecified atom stereocenters. The summed E-state index contributed by atoms with van der Waals surface area (Å²) in [7, 11) is 1.93. The minimum atomic E-state index is 1.08. The Balaban J connectivity index is 0.000000704. The third kappa shape index (κ3) is 2.99. The van der Waals surface area contributed by atoms with E-state index in [1.54, 1.807) is 11.3 Å². The van der Waals surface area contributed by atoms with E-state index in [1.165, 1.54) is 15.8 Å². The third-order valence-corrected chi connectivity index (χ3v) is 4.03. The molecule has 0 saturated carbocycles. The average molecular weight is 283 g/mol. The van der Waals surface area contributed by atoms with Crippen molar-refractivity contribution in [3.63, 3.8) is 0 Å². The highest BCUT2D eigenvalue weighted by atomic mass is 32.1. The zero-order chi connectivity index (χ0) is 14.5. The first-order valence-corrected chi connectivity index (χ1v) is 7.73. The van der Waals surface area contributed by atoms with Crippen LogP contribution < -0.4 is 5.32 Å². The van der Waals surface area contributed by atoms with Crippen molar-refractivity contribution in [3.05, 3.63) is 48.0 Å². The Morgan fingerprint density at radius 3 is 2.35 bits per heavy atom. The molecular weight excluding hydrogens is 263 g/mol. The number of aromatic nitrogens is 1. The van der Waals surface area contributed by atoms with Crippen LogP contribution >= 0.6 is 11.3 Å². The normalized spacial score (nSPS) is 10.0. The van der Waals surface area contributed by atoms with E-state index >= 15 is 0 Å². The molecule has 3 aromatic rings. The van der Waals surface area contributed by atoms with Crippen molar-refractivity contribution in [1.82, 2.24) is 4.98 Å². The maximum Gasteiger partial charge on any atom is 0.124 e. The van der Waals surface area contributed by atoms with Gasteiger partial charge in [0, 0.05) is 18.3 Å². The van der Waals surface area contributed by atoms with Crippen molar-refractivity contribution < 1.29 is 0 Å². The highest BCUT2D eigenvalue weighted by Gasteiger charge is 2.06. The zero-order valence-corrected chi connectivity index (χ0v) is 13.2. The van der Waals surface area contributed by atoms with Gasteiger partial charge in [0.15, 0.2) is 0 Å². The van der Waals surface area contributed by atoms with Crippen LogP contribution in [0, 0.1) is 6.92 Å². The molecule has 0 radical (unpaired) electrons. The van der Waals surface area contributed by atoms with Crippen molar-refractivity contribution in [2.45, 2.75) is 20.8 Å². The van der Waals surface area contributed by atoms with Crippen molar-refractivity contribution in [1.29, 1.82) is 0 Å². The number of nitrogens with one attached hydrogen (secondary N) is 1. The van der Waals surface area contributed by atoms with Gasteiger partial charge in [0.1, 0.15) is 5.01 Å². The Labute approximate surface area is 124 Å². The largest absolute Gasteiger partial charge is 0.388 e. The molecule has 2 nitrogen and oxygen atoms in total. The molecule has 3 rings (SSSR count). The molecule has 0 aliphatic rings. The Hall–Kier alpha value is -1.87. The summed E-state index contributed by atoms with van der Waals surface area (Å²) in [5.41, 5.74) is 4.66. The summed E-state index contributed by atoms with van der Waals surface area (Å²) in [5.74, 6) is 0. The lowest BCUT2D eigenvalue weighted by Gasteiger charge is -2.00.